The quantitative estimate of drug-likeness (QED) is 0.643. The van der Waals surface area contributed by atoms with Gasteiger partial charge in [-0.05, 0) is 30.7 Å². The summed E-state index contributed by atoms with van der Waals surface area (Å²) in [6.45, 7) is 7.94. The van der Waals surface area contributed by atoms with Crippen LogP contribution in [0.1, 0.15) is 5.56 Å². The molecule has 0 spiro atoms. The lowest BCUT2D eigenvalue weighted by atomic mass is 10.2. The highest BCUT2D eigenvalue weighted by Gasteiger charge is 2.16. The fourth-order valence-corrected chi connectivity index (χ4v) is 3.00. The molecule has 1 aliphatic heterocycles. The van der Waals surface area contributed by atoms with E-state index in [9.17, 15) is 10.1 Å². The fraction of sp³-hybridized carbons (Fsp3) is 0.389. The molecule has 1 fully saturated rings. The molecule has 0 aliphatic carbocycles. The van der Waals surface area contributed by atoms with Crippen molar-refractivity contribution in [2.75, 3.05) is 49.5 Å². The first kappa shape index (κ1) is 17.2. The minimum Gasteiger partial charge on any atom is -0.369 e. The number of aryl methyl sites for hydroxylation is 1. The van der Waals surface area contributed by atoms with E-state index < -0.39 is 4.92 Å². The molecular formula is C18H23N5O2. The summed E-state index contributed by atoms with van der Waals surface area (Å²) in [6, 6.07) is 11.8. The minimum atomic E-state index is -0.440. The Morgan fingerprint density at radius 3 is 2.64 bits per heavy atom. The summed E-state index contributed by atoms with van der Waals surface area (Å²) in [4.78, 5) is 19.1. The van der Waals surface area contributed by atoms with Gasteiger partial charge in [-0.15, -0.1) is 0 Å². The van der Waals surface area contributed by atoms with Crippen molar-refractivity contribution in [1.29, 1.82) is 0 Å². The van der Waals surface area contributed by atoms with E-state index in [1.807, 2.05) is 0 Å². The van der Waals surface area contributed by atoms with Crippen LogP contribution in [0, 0.1) is 17.0 Å². The Morgan fingerprint density at radius 1 is 1.20 bits per heavy atom. The van der Waals surface area contributed by atoms with Crippen LogP contribution in [0.5, 0.6) is 0 Å². The number of hydrogen-bond donors (Lipinski definition) is 1. The van der Waals surface area contributed by atoms with E-state index in [1.165, 1.54) is 23.5 Å². The second-order valence-corrected chi connectivity index (χ2v) is 6.25. The molecule has 1 aliphatic rings. The van der Waals surface area contributed by atoms with Crippen LogP contribution < -0.4 is 10.2 Å². The Labute approximate surface area is 147 Å². The number of anilines is 2. The van der Waals surface area contributed by atoms with Crippen molar-refractivity contribution in [3.8, 4) is 0 Å². The number of piperazine rings is 1. The molecule has 3 rings (SSSR count). The Morgan fingerprint density at radius 2 is 2.00 bits per heavy atom. The molecule has 0 bridgehead atoms. The predicted octanol–water partition coefficient (Wildman–Crippen LogP) is 2.53. The molecular weight excluding hydrogens is 318 g/mol. The standard InChI is InChI=1S/C18H23N5O2/c1-15-3-2-4-16(13-15)22-11-9-21(10-12-22)8-7-19-18-6-5-17(14-20-18)23(24)25/h2-6,13-14H,7-12H2,1H3,(H,19,20). The van der Waals surface area contributed by atoms with E-state index in [2.05, 4.69) is 51.3 Å². The van der Waals surface area contributed by atoms with Crippen LogP contribution in [-0.4, -0.2) is 54.1 Å². The lowest BCUT2D eigenvalue weighted by molar-refractivity contribution is -0.385. The number of nitro groups is 1. The first-order chi connectivity index (χ1) is 12.1. The monoisotopic (exact) mass is 341 g/mol. The predicted molar refractivity (Wildman–Crippen MR) is 99.2 cm³/mol. The highest BCUT2D eigenvalue weighted by molar-refractivity contribution is 5.48. The maximum absolute atomic E-state index is 10.6. The molecule has 1 N–H and O–H groups in total. The molecule has 1 aromatic carbocycles. The first-order valence-corrected chi connectivity index (χ1v) is 8.50. The molecule has 7 heteroatoms. The summed E-state index contributed by atoms with van der Waals surface area (Å²) >= 11 is 0. The van der Waals surface area contributed by atoms with Gasteiger partial charge >= 0.3 is 0 Å². The molecule has 7 nitrogen and oxygen atoms in total. The zero-order valence-electron chi connectivity index (χ0n) is 14.4. The molecule has 132 valence electrons. The molecule has 2 heterocycles. The molecule has 0 radical (unpaired) electrons. The summed E-state index contributed by atoms with van der Waals surface area (Å²) < 4.78 is 0. The highest BCUT2D eigenvalue weighted by Crippen LogP contribution is 2.17. The highest BCUT2D eigenvalue weighted by atomic mass is 16.6. The SMILES string of the molecule is Cc1cccc(N2CCN(CCNc3ccc([N+](=O)[O-])cn3)CC2)c1. The summed E-state index contributed by atoms with van der Waals surface area (Å²) in [5.41, 5.74) is 2.60. The van der Waals surface area contributed by atoms with E-state index in [0.29, 0.717) is 5.82 Å². The van der Waals surface area contributed by atoms with Crippen LogP contribution in [-0.2, 0) is 0 Å². The zero-order valence-corrected chi connectivity index (χ0v) is 14.4. The molecule has 1 aromatic heterocycles. The van der Waals surface area contributed by atoms with Crippen molar-refractivity contribution in [2.45, 2.75) is 6.92 Å². The topological polar surface area (TPSA) is 74.5 Å². The van der Waals surface area contributed by atoms with Crippen molar-refractivity contribution in [3.05, 3.63) is 58.3 Å². The van der Waals surface area contributed by atoms with Gasteiger partial charge < -0.3 is 10.2 Å². The third-order valence-electron chi connectivity index (χ3n) is 4.43. The van der Waals surface area contributed by atoms with Gasteiger partial charge in [0, 0.05) is 51.0 Å². The van der Waals surface area contributed by atoms with Crippen molar-refractivity contribution >= 4 is 17.2 Å². The van der Waals surface area contributed by atoms with Crippen molar-refractivity contribution in [2.24, 2.45) is 0 Å². The first-order valence-electron chi connectivity index (χ1n) is 8.50. The average Bonchev–Trinajstić information content (AvgIpc) is 2.63. The van der Waals surface area contributed by atoms with Crippen LogP contribution in [0.25, 0.3) is 0 Å². The van der Waals surface area contributed by atoms with Gasteiger partial charge in [0.15, 0.2) is 0 Å². The number of nitrogens with zero attached hydrogens (tertiary/aromatic N) is 4. The van der Waals surface area contributed by atoms with Crippen LogP contribution in [0.15, 0.2) is 42.6 Å². The number of aromatic nitrogens is 1. The number of pyridine rings is 1. The Balaban J connectivity index is 1.41. The number of benzene rings is 1. The van der Waals surface area contributed by atoms with Gasteiger partial charge in [0.1, 0.15) is 12.0 Å². The van der Waals surface area contributed by atoms with Crippen LogP contribution in [0.3, 0.4) is 0 Å². The summed E-state index contributed by atoms with van der Waals surface area (Å²) in [5, 5.41) is 13.8. The van der Waals surface area contributed by atoms with Gasteiger partial charge in [-0.1, -0.05) is 12.1 Å². The summed E-state index contributed by atoms with van der Waals surface area (Å²) in [6.07, 6.45) is 1.28. The summed E-state index contributed by atoms with van der Waals surface area (Å²) in [5.74, 6) is 0.670. The molecule has 1 saturated heterocycles. The third-order valence-corrected chi connectivity index (χ3v) is 4.43. The van der Waals surface area contributed by atoms with Gasteiger partial charge in [-0.3, -0.25) is 15.0 Å². The number of nitrogens with one attached hydrogen (secondary N) is 1. The minimum absolute atomic E-state index is 0.0119. The summed E-state index contributed by atoms with van der Waals surface area (Å²) in [7, 11) is 0. The van der Waals surface area contributed by atoms with Gasteiger partial charge in [0.25, 0.3) is 5.69 Å². The van der Waals surface area contributed by atoms with E-state index >= 15 is 0 Å². The lowest BCUT2D eigenvalue weighted by Crippen LogP contribution is -2.47. The van der Waals surface area contributed by atoms with Crippen LogP contribution in [0.4, 0.5) is 17.2 Å². The molecule has 0 amide bonds. The molecule has 25 heavy (non-hydrogen) atoms. The number of hydrogen-bond acceptors (Lipinski definition) is 6. The smallest absolute Gasteiger partial charge is 0.287 e. The van der Waals surface area contributed by atoms with Crippen molar-refractivity contribution in [1.82, 2.24) is 9.88 Å². The van der Waals surface area contributed by atoms with Crippen LogP contribution in [0.2, 0.25) is 0 Å². The van der Waals surface area contributed by atoms with E-state index in [1.54, 1.807) is 6.07 Å². The largest absolute Gasteiger partial charge is 0.369 e. The van der Waals surface area contributed by atoms with Crippen molar-refractivity contribution < 1.29 is 4.92 Å². The lowest BCUT2D eigenvalue weighted by Gasteiger charge is -2.36. The van der Waals surface area contributed by atoms with Crippen molar-refractivity contribution in [3.63, 3.8) is 0 Å². The Hall–Kier alpha value is -2.67. The Kier molecular flexibility index (Phi) is 5.45. The molecule has 0 saturated carbocycles. The third kappa shape index (κ3) is 4.67. The van der Waals surface area contributed by atoms with Gasteiger partial charge in [-0.2, -0.15) is 0 Å². The average molecular weight is 341 g/mol. The zero-order chi connectivity index (χ0) is 17.6. The van der Waals surface area contributed by atoms with Crippen LogP contribution >= 0.6 is 0 Å². The van der Waals surface area contributed by atoms with E-state index in [0.717, 1.165) is 39.3 Å². The Bertz CT molecular complexity index is 712. The molecule has 0 atom stereocenters. The molecule has 0 unspecified atom stereocenters. The number of rotatable bonds is 6. The van der Waals surface area contributed by atoms with E-state index in [-0.39, 0.29) is 5.69 Å². The van der Waals surface area contributed by atoms with Gasteiger partial charge in [-0.25, -0.2) is 4.98 Å². The van der Waals surface area contributed by atoms with Gasteiger partial charge in [0.2, 0.25) is 0 Å². The second kappa shape index (κ2) is 7.94. The second-order valence-electron chi connectivity index (χ2n) is 6.25. The van der Waals surface area contributed by atoms with E-state index in [4.69, 9.17) is 0 Å². The maximum atomic E-state index is 10.6. The van der Waals surface area contributed by atoms with Gasteiger partial charge in [0.05, 0.1) is 4.92 Å². The maximum Gasteiger partial charge on any atom is 0.287 e. The fourth-order valence-electron chi connectivity index (χ4n) is 3.00. The normalized spacial score (nSPS) is 15.2. The molecule has 2 aromatic rings.